The van der Waals surface area contributed by atoms with E-state index in [2.05, 4.69) is 15.4 Å². The molecule has 1 unspecified atom stereocenters. The van der Waals surface area contributed by atoms with Crippen LogP contribution in [0.2, 0.25) is 0 Å². The number of nitrogens with one attached hydrogen (secondary N) is 1. The molecule has 0 bridgehead atoms. The highest BCUT2D eigenvalue weighted by atomic mass is 32.1. The average Bonchev–Trinajstić information content (AvgIpc) is 3.03. The molecule has 10 heteroatoms. The summed E-state index contributed by atoms with van der Waals surface area (Å²) in [5.74, 6) is 0.253. The maximum absolute atomic E-state index is 12.6. The van der Waals surface area contributed by atoms with Gasteiger partial charge < -0.3 is 15.0 Å². The molecule has 0 saturated carbocycles. The minimum atomic E-state index is -4.35. The van der Waals surface area contributed by atoms with Crippen LogP contribution in [0, 0.1) is 13.8 Å². The van der Waals surface area contributed by atoms with E-state index in [4.69, 9.17) is 17.0 Å². The quantitative estimate of drug-likeness (QED) is 0.800. The molecule has 0 amide bonds. The van der Waals surface area contributed by atoms with Crippen molar-refractivity contribution in [3.63, 3.8) is 0 Å². The van der Waals surface area contributed by atoms with Crippen LogP contribution < -0.4 is 5.32 Å². The molecule has 0 aliphatic carbocycles. The zero-order valence-corrected chi connectivity index (χ0v) is 15.8. The maximum atomic E-state index is 12.6. The molecule has 1 saturated heterocycles. The zero-order chi connectivity index (χ0) is 19.6. The lowest BCUT2D eigenvalue weighted by Gasteiger charge is -2.36. The molecule has 1 atom stereocenters. The third-order valence-electron chi connectivity index (χ3n) is 4.21. The average molecular weight is 399 g/mol. The summed E-state index contributed by atoms with van der Waals surface area (Å²) in [5, 5.41) is 7.64. The third kappa shape index (κ3) is 4.95. The van der Waals surface area contributed by atoms with Crippen molar-refractivity contribution in [2.75, 3.05) is 25.1 Å². The molecule has 2 heterocycles. The van der Waals surface area contributed by atoms with Gasteiger partial charge in [-0.3, -0.25) is 0 Å². The summed E-state index contributed by atoms with van der Waals surface area (Å²) in [5.41, 5.74) is 3.08. The Kier molecular flexibility index (Phi) is 5.66. The lowest BCUT2D eigenvalue weighted by atomic mass is 10.1. The molecule has 1 N–H and O–H groups in total. The molecule has 27 heavy (non-hydrogen) atoms. The first kappa shape index (κ1) is 19.6. The fourth-order valence-electron chi connectivity index (χ4n) is 2.92. The Morgan fingerprint density at radius 2 is 2.15 bits per heavy atom. The molecule has 1 aliphatic heterocycles. The Hall–Kier alpha value is -2.20. The van der Waals surface area contributed by atoms with Crippen molar-refractivity contribution in [3.8, 4) is 0 Å². The lowest BCUT2D eigenvalue weighted by Crippen LogP contribution is -2.45. The molecule has 2 aromatic rings. The number of hydrogen-bond donors (Lipinski definition) is 1. The van der Waals surface area contributed by atoms with E-state index < -0.39 is 18.8 Å². The zero-order valence-electron chi connectivity index (χ0n) is 15.0. The largest absolute Gasteiger partial charge is 0.408 e. The van der Waals surface area contributed by atoms with Crippen molar-refractivity contribution in [2.24, 2.45) is 0 Å². The molecule has 1 fully saturated rings. The standard InChI is InChI=1S/C17H20F3N5OS/c1-11-3-4-13(12(2)7-11)22-16(27)25-5-6-26-8-14(25)15-21-10-24(23-15)9-17(18,19)20/h3-4,7,10,14H,5-6,8-9H2,1-2H3,(H,22,27). The number of ether oxygens (including phenoxy) is 1. The number of aromatic nitrogens is 3. The second-order valence-corrected chi connectivity index (χ2v) is 6.83. The summed E-state index contributed by atoms with van der Waals surface area (Å²) in [4.78, 5) is 5.89. The van der Waals surface area contributed by atoms with Gasteiger partial charge in [0.15, 0.2) is 10.9 Å². The van der Waals surface area contributed by atoms with Gasteiger partial charge in [-0.25, -0.2) is 9.67 Å². The van der Waals surface area contributed by atoms with Gasteiger partial charge in [0.05, 0.1) is 13.2 Å². The van der Waals surface area contributed by atoms with E-state index in [-0.39, 0.29) is 12.4 Å². The number of alkyl halides is 3. The number of aryl methyl sites for hydroxylation is 2. The van der Waals surface area contributed by atoms with Gasteiger partial charge in [-0.2, -0.15) is 18.3 Å². The first-order valence-corrected chi connectivity index (χ1v) is 8.82. The second kappa shape index (κ2) is 7.81. The number of halogens is 3. The van der Waals surface area contributed by atoms with E-state index in [1.54, 1.807) is 0 Å². The van der Waals surface area contributed by atoms with E-state index in [9.17, 15) is 13.2 Å². The minimum absolute atomic E-state index is 0.253. The summed E-state index contributed by atoms with van der Waals surface area (Å²) in [6.07, 6.45) is -3.27. The highest BCUT2D eigenvalue weighted by Crippen LogP contribution is 2.24. The minimum Gasteiger partial charge on any atom is -0.377 e. The van der Waals surface area contributed by atoms with Crippen LogP contribution in [0.1, 0.15) is 23.0 Å². The van der Waals surface area contributed by atoms with Gasteiger partial charge in [0.25, 0.3) is 0 Å². The fourth-order valence-corrected chi connectivity index (χ4v) is 3.25. The van der Waals surface area contributed by atoms with Crippen molar-refractivity contribution in [1.82, 2.24) is 19.7 Å². The molecule has 1 aliphatic rings. The molecule has 0 radical (unpaired) electrons. The number of anilines is 1. The van der Waals surface area contributed by atoms with Crippen molar-refractivity contribution in [3.05, 3.63) is 41.5 Å². The number of nitrogens with zero attached hydrogens (tertiary/aromatic N) is 4. The molecule has 1 aromatic heterocycles. The highest BCUT2D eigenvalue weighted by Gasteiger charge is 2.32. The van der Waals surface area contributed by atoms with Gasteiger partial charge >= 0.3 is 6.18 Å². The second-order valence-electron chi connectivity index (χ2n) is 6.45. The fraction of sp³-hybridized carbons (Fsp3) is 0.471. The van der Waals surface area contributed by atoms with Gasteiger partial charge in [0.1, 0.15) is 18.9 Å². The maximum Gasteiger partial charge on any atom is 0.408 e. The molecular formula is C17H20F3N5OS. The molecule has 1 aromatic carbocycles. The Balaban J connectivity index is 1.76. The summed E-state index contributed by atoms with van der Waals surface area (Å²) >= 11 is 5.54. The number of benzene rings is 1. The van der Waals surface area contributed by atoms with Crippen molar-refractivity contribution in [2.45, 2.75) is 32.6 Å². The van der Waals surface area contributed by atoms with Crippen LogP contribution in [0.5, 0.6) is 0 Å². The first-order chi connectivity index (χ1) is 12.7. The topological polar surface area (TPSA) is 55.2 Å². The molecule has 6 nitrogen and oxygen atoms in total. The van der Waals surface area contributed by atoms with E-state index >= 15 is 0 Å². The van der Waals surface area contributed by atoms with E-state index in [0.29, 0.717) is 18.3 Å². The monoisotopic (exact) mass is 399 g/mol. The number of morpholine rings is 1. The summed E-state index contributed by atoms with van der Waals surface area (Å²) in [6, 6.07) is 5.53. The van der Waals surface area contributed by atoms with Crippen LogP contribution in [0.4, 0.5) is 18.9 Å². The molecule has 146 valence electrons. The first-order valence-electron chi connectivity index (χ1n) is 8.41. The van der Waals surface area contributed by atoms with Gasteiger partial charge in [0, 0.05) is 12.2 Å². The normalized spacial score (nSPS) is 17.8. The van der Waals surface area contributed by atoms with E-state index in [0.717, 1.165) is 27.8 Å². The summed E-state index contributed by atoms with van der Waals surface area (Å²) in [7, 11) is 0. The highest BCUT2D eigenvalue weighted by molar-refractivity contribution is 7.80. The van der Waals surface area contributed by atoms with Crippen LogP contribution in [-0.2, 0) is 11.3 Å². The summed E-state index contributed by atoms with van der Waals surface area (Å²) in [6.45, 7) is 4.03. The molecular weight excluding hydrogens is 379 g/mol. The van der Waals surface area contributed by atoms with E-state index in [1.807, 2.05) is 36.9 Å². The van der Waals surface area contributed by atoms with E-state index in [1.165, 1.54) is 0 Å². The Bertz CT molecular complexity index is 823. The van der Waals surface area contributed by atoms with Crippen molar-refractivity contribution in [1.29, 1.82) is 0 Å². The van der Waals surface area contributed by atoms with Gasteiger partial charge in [0.2, 0.25) is 0 Å². The van der Waals surface area contributed by atoms with Crippen LogP contribution in [-0.4, -0.2) is 50.7 Å². The van der Waals surface area contributed by atoms with Crippen LogP contribution in [0.15, 0.2) is 24.5 Å². The number of rotatable bonds is 3. The van der Waals surface area contributed by atoms with Crippen molar-refractivity contribution < 1.29 is 17.9 Å². The molecule has 3 rings (SSSR count). The molecule has 0 spiro atoms. The smallest absolute Gasteiger partial charge is 0.377 e. The Morgan fingerprint density at radius 1 is 1.37 bits per heavy atom. The third-order valence-corrected chi connectivity index (χ3v) is 4.54. The number of thiocarbonyl (C=S) groups is 1. The number of hydrogen-bond acceptors (Lipinski definition) is 4. The van der Waals surface area contributed by atoms with Crippen LogP contribution >= 0.6 is 12.2 Å². The van der Waals surface area contributed by atoms with Crippen LogP contribution in [0.25, 0.3) is 0 Å². The lowest BCUT2D eigenvalue weighted by molar-refractivity contribution is -0.142. The predicted octanol–water partition coefficient (Wildman–Crippen LogP) is 3.23. The summed E-state index contributed by atoms with van der Waals surface area (Å²) < 4.78 is 43.9. The van der Waals surface area contributed by atoms with Gasteiger partial charge in [-0.1, -0.05) is 17.7 Å². The van der Waals surface area contributed by atoms with Gasteiger partial charge in [-0.15, -0.1) is 0 Å². The SMILES string of the molecule is Cc1ccc(NC(=S)N2CCOCC2c2ncn(CC(F)(F)F)n2)c(C)c1. The van der Waals surface area contributed by atoms with Crippen molar-refractivity contribution >= 4 is 23.0 Å². The van der Waals surface area contributed by atoms with Gasteiger partial charge in [-0.05, 0) is 37.7 Å². The van der Waals surface area contributed by atoms with Crippen LogP contribution in [0.3, 0.4) is 0 Å². The predicted molar refractivity (Wildman–Crippen MR) is 98.5 cm³/mol. The Morgan fingerprint density at radius 3 is 2.85 bits per heavy atom. The Labute approximate surface area is 160 Å².